The van der Waals surface area contributed by atoms with Crippen LogP contribution in [0.5, 0.6) is 11.5 Å². The first-order valence-electron chi connectivity index (χ1n) is 10.5. The van der Waals surface area contributed by atoms with Crippen LogP contribution in [-0.2, 0) is 11.3 Å². The third-order valence-electron chi connectivity index (χ3n) is 4.92. The minimum Gasteiger partial charge on any atom is -0.493 e. The molecule has 3 rings (SSSR count). The Morgan fingerprint density at radius 2 is 1.62 bits per heavy atom. The van der Waals surface area contributed by atoms with Crippen molar-refractivity contribution < 1.29 is 28.9 Å². The maximum Gasteiger partial charge on any atom is 0.344 e. The number of nitrogens with zero attached hydrogens (tertiary/aromatic N) is 3. The number of non-ortho nitro benzene ring substituents is 2. The Labute approximate surface area is 209 Å². The first-order chi connectivity index (χ1) is 17.7. The molecule has 0 aromatic heterocycles. The normalized spacial score (nSPS) is 10.6. The third kappa shape index (κ3) is 6.74. The zero-order valence-electron chi connectivity index (χ0n) is 19.2. The van der Waals surface area contributed by atoms with Gasteiger partial charge in [-0.25, -0.2) is 4.79 Å². The van der Waals surface area contributed by atoms with Crippen molar-refractivity contribution in [3.05, 3.63) is 109 Å². The number of nitro benzene ring substituents is 2. The van der Waals surface area contributed by atoms with E-state index in [4.69, 9.17) is 9.47 Å². The molecular weight excluding hydrogens is 484 g/mol. The molecule has 0 radical (unpaired) electrons. The van der Waals surface area contributed by atoms with E-state index < -0.39 is 38.7 Å². The Morgan fingerprint density at radius 1 is 0.973 bits per heavy atom. The Hall–Kier alpha value is -5.57. The van der Waals surface area contributed by atoms with E-state index in [1.165, 1.54) is 31.4 Å². The second kappa shape index (κ2) is 11.7. The SMILES string of the molecule is COc1cc(/C=C(\C#N)C(=O)NCc2ccccc2)ccc1OC(=O)c1cc([N+](=O)[O-])cc([N+](=O)[O-])c1. The molecule has 0 aliphatic carbocycles. The molecule has 1 N–H and O–H groups in total. The number of nitriles is 1. The molecule has 0 aliphatic heterocycles. The monoisotopic (exact) mass is 502 g/mol. The highest BCUT2D eigenvalue weighted by Gasteiger charge is 2.22. The number of carbonyl (C=O) groups excluding carboxylic acids is 2. The van der Waals surface area contributed by atoms with Gasteiger partial charge in [0.2, 0.25) is 0 Å². The molecule has 0 saturated carbocycles. The lowest BCUT2D eigenvalue weighted by Gasteiger charge is -2.10. The van der Waals surface area contributed by atoms with E-state index in [1.54, 1.807) is 0 Å². The van der Waals surface area contributed by atoms with Gasteiger partial charge in [-0.3, -0.25) is 25.0 Å². The van der Waals surface area contributed by atoms with Crippen molar-refractivity contribution in [2.45, 2.75) is 6.54 Å². The number of rotatable bonds is 9. The second-order valence-corrected chi connectivity index (χ2v) is 7.39. The summed E-state index contributed by atoms with van der Waals surface area (Å²) in [6.45, 7) is 0.229. The van der Waals surface area contributed by atoms with Gasteiger partial charge in [0.25, 0.3) is 17.3 Å². The zero-order valence-corrected chi connectivity index (χ0v) is 19.2. The Bertz CT molecular complexity index is 1410. The summed E-state index contributed by atoms with van der Waals surface area (Å²) in [7, 11) is 1.29. The van der Waals surface area contributed by atoms with Gasteiger partial charge in [-0.1, -0.05) is 36.4 Å². The maximum absolute atomic E-state index is 12.6. The van der Waals surface area contributed by atoms with E-state index >= 15 is 0 Å². The number of amides is 1. The van der Waals surface area contributed by atoms with Gasteiger partial charge in [-0.2, -0.15) is 5.26 Å². The van der Waals surface area contributed by atoms with Gasteiger partial charge in [0, 0.05) is 18.7 Å². The van der Waals surface area contributed by atoms with E-state index in [1.807, 2.05) is 36.4 Å². The highest BCUT2D eigenvalue weighted by atomic mass is 16.6. The summed E-state index contributed by atoms with van der Waals surface area (Å²) < 4.78 is 10.5. The van der Waals surface area contributed by atoms with Crippen LogP contribution in [0, 0.1) is 31.6 Å². The maximum atomic E-state index is 12.6. The number of methoxy groups -OCH3 is 1. The molecule has 0 aliphatic rings. The number of hydrogen-bond acceptors (Lipinski definition) is 9. The predicted octanol–water partition coefficient (Wildman–Crippen LogP) is 3.95. The molecule has 0 spiro atoms. The second-order valence-electron chi connectivity index (χ2n) is 7.39. The Morgan fingerprint density at radius 3 is 2.19 bits per heavy atom. The third-order valence-corrected chi connectivity index (χ3v) is 4.92. The van der Waals surface area contributed by atoms with Crippen LogP contribution in [0.1, 0.15) is 21.5 Å². The van der Waals surface area contributed by atoms with Crippen LogP contribution in [-0.4, -0.2) is 28.8 Å². The summed E-state index contributed by atoms with van der Waals surface area (Å²) in [5, 5.41) is 34.2. The lowest BCUT2D eigenvalue weighted by molar-refractivity contribution is -0.394. The number of carbonyl (C=O) groups is 2. The van der Waals surface area contributed by atoms with Crippen molar-refractivity contribution in [1.29, 1.82) is 5.26 Å². The summed E-state index contributed by atoms with van der Waals surface area (Å²) in [6, 6.07) is 17.6. The van der Waals surface area contributed by atoms with Crippen LogP contribution in [0.4, 0.5) is 11.4 Å². The van der Waals surface area contributed by atoms with Gasteiger partial charge in [-0.15, -0.1) is 0 Å². The topological polar surface area (TPSA) is 175 Å². The van der Waals surface area contributed by atoms with E-state index in [-0.39, 0.29) is 23.6 Å². The van der Waals surface area contributed by atoms with Crippen molar-refractivity contribution in [1.82, 2.24) is 5.32 Å². The van der Waals surface area contributed by atoms with Gasteiger partial charge in [0.15, 0.2) is 11.5 Å². The van der Waals surface area contributed by atoms with Gasteiger partial charge in [0.05, 0.1) is 28.6 Å². The molecule has 0 atom stereocenters. The summed E-state index contributed by atoms with van der Waals surface area (Å²) in [5.74, 6) is -1.73. The number of nitro groups is 2. The van der Waals surface area contributed by atoms with Crippen LogP contribution in [0.3, 0.4) is 0 Å². The average molecular weight is 502 g/mol. The lowest BCUT2D eigenvalue weighted by Crippen LogP contribution is -2.23. The first-order valence-corrected chi connectivity index (χ1v) is 10.5. The predicted molar refractivity (Wildman–Crippen MR) is 130 cm³/mol. The minimum atomic E-state index is -1.09. The Kier molecular flexibility index (Phi) is 8.25. The van der Waals surface area contributed by atoms with E-state index in [0.29, 0.717) is 5.56 Å². The smallest absolute Gasteiger partial charge is 0.344 e. The summed E-state index contributed by atoms with van der Waals surface area (Å²) >= 11 is 0. The van der Waals surface area contributed by atoms with Crippen molar-refractivity contribution in [3.63, 3.8) is 0 Å². The van der Waals surface area contributed by atoms with Crippen LogP contribution in [0.15, 0.2) is 72.3 Å². The molecular formula is C25H18N4O8. The highest BCUT2D eigenvalue weighted by Crippen LogP contribution is 2.31. The number of esters is 1. The molecule has 3 aromatic carbocycles. The van der Waals surface area contributed by atoms with Gasteiger partial charge >= 0.3 is 5.97 Å². The summed E-state index contributed by atoms with van der Waals surface area (Å²) in [5.41, 5.74) is -0.643. The van der Waals surface area contributed by atoms with Crippen LogP contribution in [0.2, 0.25) is 0 Å². The van der Waals surface area contributed by atoms with Gasteiger partial charge in [-0.05, 0) is 29.3 Å². The fraction of sp³-hybridized carbons (Fsp3) is 0.0800. The van der Waals surface area contributed by atoms with Crippen molar-refractivity contribution in [2.75, 3.05) is 7.11 Å². The zero-order chi connectivity index (χ0) is 26.9. The molecule has 0 heterocycles. The molecule has 0 saturated heterocycles. The quantitative estimate of drug-likeness (QED) is 0.113. The van der Waals surface area contributed by atoms with E-state index in [0.717, 1.165) is 23.8 Å². The number of nitrogens with one attached hydrogen (secondary N) is 1. The minimum absolute atomic E-state index is 0.0454. The average Bonchev–Trinajstić information content (AvgIpc) is 2.91. The largest absolute Gasteiger partial charge is 0.493 e. The van der Waals surface area contributed by atoms with E-state index in [2.05, 4.69) is 5.32 Å². The highest BCUT2D eigenvalue weighted by molar-refractivity contribution is 6.01. The molecule has 0 bridgehead atoms. The van der Waals surface area contributed by atoms with Crippen LogP contribution < -0.4 is 14.8 Å². The molecule has 186 valence electrons. The fourth-order valence-electron chi connectivity index (χ4n) is 3.13. The molecule has 0 unspecified atom stereocenters. The number of benzene rings is 3. The van der Waals surface area contributed by atoms with Gasteiger partial charge in [0.1, 0.15) is 11.6 Å². The molecule has 3 aromatic rings. The van der Waals surface area contributed by atoms with Crippen LogP contribution >= 0.6 is 0 Å². The fourth-order valence-corrected chi connectivity index (χ4v) is 3.13. The van der Waals surface area contributed by atoms with Crippen molar-refractivity contribution in [3.8, 4) is 17.6 Å². The summed E-state index contributed by atoms with van der Waals surface area (Å²) in [4.78, 5) is 45.4. The molecule has 0 fully saturated rings. The van der Waals surface area contributed by atoms with Crippen LogP contribution in [0.25, 0.3) is 6.08 Å². The van der Waals surface area contributed by atoms with Crippen molar-refractivity contribution in [2.24, 2.45) is 0 Å². The van der Waals surface area contributed by atoms with E-state index in [9.17, 15) is 35.1 Å². The lowest BCUT2D eigenvalue weighted by atomic mass is 10.1. The molecule has 12 nitrogen and oxygen atoms in total. The molecule has 1 amide bonds. The molecule has 37 heavy (non-hydrogen) atoms. The molecule has 12 heteroatoms. The number of hydrogen-bond donors (Lipinski definition) is 1. The summed E-state index contributed by atoms with van der Waals surface area (Å²) in [6.07, 6.45) is 1.32. The van der Waals surface area contributed by atoms with Gasteiger partial charge < -0.3 is 14.8 Å². The number of ether oxygens (including phenoxy) is 2. The van der Waals surface area contributed by atoms with Crippen molar-refractivity contribution >= 4 is 29.3 Å². The first kappa shape index (κ1) is 26.0. The Balaban J connectivity index is 1.81. The standard InChI is InChI=1S/C25H18N4O8/c1-36-23-10-17(9-19(14-26)24(30)27-15-16-5-3-2-4-6-16)7-8-22(23)37-25(31)18-11-20(28(32)33)13-21(12-18)29(34)35/h2-13H,15H2,1H3,(H,27,30)/b19-9+.